The average molecular weight is 497 g/mol. The summed E-state index contributed by atoms with van der Waals surface area (Å²) in [7, 11) is -0.663. The number of methoxy groups -OCH3 is 1. The quantitative estimate of drug-likeness (QED) is 0.536. The summed E-state index contributed by atoms with van der Waals surface area (Å²) in [5, 5.41) is 12.8. The number of nitrogens with zero attached hydrogens (tertiary/aromatic N) is 2. The molecule has 10 heteroatoms. The Hall–Kier alpha value is -1.98. The number of ether oxygens (including phenoxy) is 2. The zero-order chi connectivity index (χ0) is 24.2. The Morgan fingerprint density at radius 2 is 1.88 bits per heavy atom. The van der Waals surface area contributed by atoms with Crippen molar-refractivity contribution in [1.29, 1.82) is 0 Å². The summed E-state index contributed by atoms with van der Waals surface area (Å²) in [6, 6.07) is 7.23. The van der Waals surface area contributed by atoms with Crippen molar-refractivity contribution in [2.45, 2.75) is 37.2 Å². The zero-order valence-corrected chi connectivity index (χ0v) is 21.2. The molecule has 1 amide bonds. The van der Waals surface area contributed by atoms with Crippen molar-refractivity contribution in [1.82, 2.24) is 9.21 Å². The van der Waals surface area contributed by atoms with E-state index >= 15 is 0 Å². The number of aryl methyl sites for hydroxylation is 2. The molecule has 1 saturated heterocycles. The van der Waals surface area contributed by atoms with Gasteiger partial charge >= 0.3 is 0 Å². The van der Waals surface area contributed by atoms with Gasteiger partial charge < -0.3 is 19.5 Å². The van der Waals surface area contributed by atoms with Crippen molar-refractivity contribution >= 4 is 27.3 Å². The molecule has 1 aromatic carbocycles. The molecule has 8 nitrogen and oxygen atoms in total. The Morgan fingerprint density at radius 3 is 2.42 bits per heavy atom. The lowest BCUT2D eigenvalue weighted by Gasteiger charge is -2.37. The second kappa shape index (κ2) is 10.5. The van der Waals surface area contributed by atoms with Gasteiger partial charge in [-0.2, -0.15) is 4.31 Å². The van der Waals surface area contributed by atoms with Gasteiger partial charge in [-0.25, -0.2) is 8.42 Å². The van der Waals surface area contributed by atoms with E-state index in [1.54, 1.807) is 38.0 Å². The van der Waals surface area contributed by atoms with E-state index in [2.05, 4.69) is 0 Å². The van der Waals surface area contributed by atoms with Gasteiger partial charge in [0.2, 0.25) is 15.9 Å². The number of aliphatic hydroxyl groups is 1. The number of piperidine rings is 1. The molecule has 33 heavy (non-hydrogen) atoms. The Morgan fingerprint density at radius 1 is 1.24 bits per heavy atom. The SMILES string of the molecule is COc1cc(C)c(S(=O)(=O)N(C)CCOCC(=O)N2CCC(O)(c3cccs3)CC2)c(C)c1. The number of sulfonamides is 1. The van der Waals surface area contributed by atoms with E-state index in [0.29, 0.717) is 42.8 Å². The van der Waals surface area contributed by atoms with Gasteiger partial charge in [-0.15, -0.1) is 11.3 Å². The highest BCUT2D eigenvalue weighted by Crippen LogP contribution is 2.35. The van der Waals surface area contributed by atoms with Crippen LogP contribution in [0.15, 0.2) is 34.5 Å². The van der Waals surface area contributed by atoms with Gasteiger partial charge in [0.25, 0.3) is 0 Å². The first-order valence-electron chi connectivity index (χ1n) is 10.8. The van der Waals surface area contributed by atoms with Crippen LogP contribution in [0, 0.1) is 13.8 Å². The number of benzene rings is 1. The molecule has 2 heterocycles. The van der Waals surface area contributed by atoms with Crippen LogP contribution in [0.3, 0.4) is 0 Å². The fourth-order valence-electron chi connectivity index (χ4n) is 4.07. The molecule has 182 valence electrons. The van der Waals surface area contributed by atoms with Crippen LogP contribution in [0.5, 0.6) is 5.75 Å². The average Bonchev–Trinajstić information content (AvgIpc) is 3.32. The number of amides is 1. The molecule has 0 atom stereocenters. The highest BCUT2D eigenvalue weighted by atomic mass is 32.2. The minimum atomic E-state index is -3.71. The number of thiophene rings is 1. The molecule has 1 aromatic heterocycles. The number of carbonyl (C=O) groups excluding carboxylic acids is 1. The first kappa shape index (κ1) is 25.6. The normalized spacial score (nSPS) is 16.2. The summed E-state index contributed by atoms with van der Waals surface area (Å²) in [6.45, 7) is 4.50. The Bertz CT molecular complexity index is 1040. The van der Waals surface area contributed by atoms with Crippen molar-refractivity contribution in [3.8, 4) is 5.75 Å². The summed E-state index contributed by atoms with van der Waals surface area (Å²) in [6.07, 6.45) is 0.974. The monoisotopic (exact) mass is 496 g/mol. The summed E-state index contributed by atoms with van der Waals surface area (Å²) >= 11 is 1.52. The minimum Gasteiger partial charge on any atom is -0.497 e. The number of likely N-dealkylation sites (tertiary alicyclic amines) is 1. The van der Waals surface area contributed by atoms with Crippen molar-refractivity contribution in [3.05, 3.63) is 45.6 Å². The molecule has 2 aromatic rings. The summed E-state index contributed by atoms with van der Waals surface area (Å²) in [4.78, 5) is 15.4. The number of hydrogen-bond acceptors (Lipinski definition) is 7. The molecule has 1 fully saturated rings. The summed E-state index contributed by atoms with van der Waals surface area (Å²) in [5.74, 6) is 0.454. The third kappa shape index (κ3) is 5.75. The van der Waals surface area contributed by atoms with Crippen LogP contribution in [-0.2, 0) is 25.2 Å². The van der Waals surface area contributed by atoms with Gasteiger partial charge in [-0.3, -0.25) is 4.79 Å². The van der Waals surface area contributed by atoms with Crippen LogP contribution in [0.4, 0.5) is 0 Å². The van der Waals surface area contributed by atoms with Crippen molar-refractivity contribution < 1.29 is 27.8 Å². The van der Waals surface area contributed by atoms with E-state index in [1.807, 2.05) is 17.5 Å². The molecule has 0 saturated carbocycles. The Balaban J connectivity index is 1.47. The molecule has 0 unspecified atom stereocenters. The molecule has 1 N–H and O–H groups in total. The van der Waals surface area contributed by atoms with Crippen molar-refractivity contribution in [3.63, 3.8) is 0 Å². The van der Waals surface area contributed by atoms with E-state index in [4.69, 9.17) is 9.47 Å². The number of hydrogen-bond donors (Lipinski definition) is 1. The van der Waals surface area contributed by atoms with E-state index in [0.717, 1.165) is 4.88 Å². The van der Waals surface area contributed by atoms with Crippen LogP contribution in [0.1, 0.15) is 28.8 Å². The topological polar surface area (TPSA) is 96.4 Å². The lowest BCUT2D eigenvalue weighted by atomic mass is 9.90. The van der Waals surface area contributed by atoms with Gasteiger partial charge in [0.15, 0.2) is 0 Å². The lowest BCUT2D eigenvalue weighted by molar-refractivity contribution is -0.140. The second-order valence-electron chi connectivity index (χ2n) is 8.36. The maximum atomic E-state index is 13.0. The van der Waals surface area contributed by atoms with Gasteiger partial charge in [0.05, 0.1) is 18.6 Å². The summed E-state index contributed by atoms with van der Waals surface area (Å²) in [5.41, 5.74) is 0.352. The zero-order valence-electron chi connectivity index (χ0n) is 19.5. The molecule has 3 rings (SSSR count). The second-order valence-corrected chi connectivity index (χ2v) is 11.3. The maximum absolute atomic E-state index is 13.0. The fraction of sp³-hybridized carbons (Fsp3) is 0.522. The van der Waals surface area contributed by atoms with E-state index in [-0.39, 0.29) is 30.6 Å². The predicted molar refractivity (Wildman–Crippen MR) is 127 cm³/mol. The van der Waals surface area contributed by atoms with Gasteiger partial charge in [-0.1, -0.05) is 6.07 Å². The molecular formula is C23H32N2O6S2. The smallest absolute Gasteiger partial charge is 0.248 e. The molecule has 1 aliphatic heterocycles. The van der Waals surface area contributed by atoms with Crippen molar-refractivity contribution in [2.75, 3.05) is 47.0 Å². The molecule has 0 aliphatic carbocycles. The highest BCUT2D eigenvalue weighted by Gasteiger charge is 2.36. The van der Waals surface area contributed by atoms with Crippen LogP contribution in [0.2, 0.25) is 0 Å². The van der Waals surface area contributed by atoms with E-state index in [9.17, 15) is 18.3 Å². The standard InChI is InChI=1S/C23H32N2O6S2/c1-17-14-19(30-4)15-18(2)22(17)33(28,29)24(3)11-12-31-16-21(26)25-9-7-23(27,8-10-25)20-6-5-13-32-20/h5-6,13-15,27H,7-12,16H2,1-4H3. The highest BCUT2D eigenvalue weighted by molar-refractivity contribution is 7.89. The lowest BCUT2D eigenvalue weighted by Crippen LogP contribution is -2.46. The maximum Gasteiger partial charge on any atom is 0.248 e. The van der Waals surface area contributed by atoms with Crippen LogP contribution < -0.4 is 4.74 Å². The number of likely N-dealkylation sites (N-methyl/N-ethyl adjacent to an activating group) is 1. The Labute approximate surface area is 199 Å². The Kier molecular flexibility index (Phi) is 8.17. The first-order chi connectivity index (χ1) is 15.6. The van der Waals surface area contributed by atoms with Crippen LogP contribution >= 0.6 is 11.3 Å². The van der Waals surface area contributed by atoms with Crippen molar-refractivity contribution in [2.24, 2.45) is 0 Å². The van der Waals surface area contributed by atoms with E-state index < -0.39 is 15.6 Å². The van der Waals surface area contributed by atoms with Gasteiger partial charge in [0.1, 0.15) is 18.0 Å². The fourth-order valence-corrected chi connectivity index (χ4v) is 6.51. The van der Waals surface area contributed by atoms with Gasteiger partial charge in [0, 0.05) is 31.6 Å². The van der Waals surface area contributed by atoms with E-state index in [1.165, 1.54) is 22.7 Å². The molecule has 0 spiro atoms. The third-order valence-electron chi connectivity index (χ3n) is 6.04. The molecular weight excluding hydrogens is 464 g/mol. The number of rotatable bonds is 9. The van der Waals surface area contributed by atoms with Gasteiger partial charge in [-0.05, 0) is 61.4 Å². The third-order valence-corrected chi connectivity index (χ3v) is 9.26. The predicted octanol–water partition coefficient (Wildman–Crippen LogP) is 2.52. The van der Waals surface area contributed by atoms with Crippen LogP contribution in [-0.4, -0.2) is 75.6 Å². The summed E-state index contributed by atoms with van der Waals surface area (Å²) < 4.78 is 38.0. The minimum absolute atomic E-state index is 0.0999. The largest absolute Gasteiger partial charge is 0.497 e. The molecule has 1 aliphatic rings. The molecule has 0 radical (unpaired) electrons. The van der Waals surface area contributed by atoms with Crippen LogP contribution in [0.25, 0.3) is 0 Å². The first-order valence-corrected chi connectivity index (χ1v) is 13.1. The molecule has 0 bridgehead atoms. The number of carbonyl (C=O) groups is 1.